The zero-order valence-corrected chi connectivity index (χ0v) is 11.2. The Labute approximate surface area is 107 Å². The summed E-state index contributed by atoms with van der Waals surface area (Å²) in [6.45, 7) is 3.84. The molecule has 92 valence electrons. The first-order valence-electron chi connectivity index (χ1n) is 5.89. The van der Waals surface area contributed by atoms with E-state index in [0.717, 1.165) is 24.8 Å². The van der Waals surface area contributed by atoms with Crippen molar-refractivity contribution in [2.75, 3.05) is 12.8 Å². The fourth-order valence-electron chi connectivity index (χ4n) is 1.77. The van der Waals surface area contributed by atoms with Gasteiger partial charge in [0.1, 0.15) is 0 Å². The first kappa shape index (κ1) is 12.3. The van der Waals surface area contributed by atoms with E-state index in [-0.39, 0.29) is 0 Å². The molecule has 0 fully saturated rings. The Hall–Kier alpha value is -1.16. The van der Waals surface area contributed by atoms with Gasteiger partial charge in [-0.1, -0.05) is 24.3 Å². The first-order valence-corrected chi connectivity index (χ1v) is 7.29. The third-order valence-corrected chi connectivity index (χ3v) is 3.32. The minimum Gasteiger partial charge on any atom is -0.352 e. The molecular formula is C13H19N3S. The molecule has 0 bridgehead atoms. The maximum Gasteiger partial charge on any atom is 0.191 e. The second kappa shape index (κ2) is 5.96. The molecule has 1 aliphatic rings. The van der Waals surface area contributed by atoms with E-state index in [4.69, 9.17) is 0 Å². The van der Waals surface area contributed by atoms with E-state index in [2.05, 4.69) is 53.1 Å². The van der Waals surface area contributed by atoms with E-state index in [1.807, 2.05) is 11.8 Å². The second-order valence-corrected chi connectivity index (χ2v) is 5.20. The summed E-state index contributed by atoms with van der Waals surface area (Å²) < 4.78 is 0. The average Bonchev–Trinajstić information content (AvgIpc) is 2.75. The number of hydrogen-bond donors (Lipinski definition) is 2. The molecule has 1 heterocycles. The third kappa shape index (κ3) is 3.66. The van der Waals surface area contributed by atoms with Crippen molar-refractivity contribution in [1.29, 1.82) is 0 Å². The SMILES string of the molecule is CSCc1ccc(CNC2=NCC(C)N2)cc1. The van der Waals surface area contributed by atoms with Gasteiger partial charge < -0.3 is 10.6 Å². The standard InChI is InChI=1S/C13H19N3S/c1-10-7-14-13(16-10)15-8-11-3-5-12(6-4-11)9-17-2/h3-6,10H,7-9H2,1-2H3,(H2,14,15,16). The minimum atomic E-state index is 0.460. The van der Waals surface area contributed by atoms with Gasteiger partial charge in [0.25, 0.3) is 0 Å². The molecule has 0 spiro atoms. The van der Waals surface area contributed by atoms with Crippen LogP contribution in [0.1, 0.15) is 18.1 Å². The van der Waals surface area contributed by atoms with Crippen molar-refractivity contribution < 1.29 is 0 Å². The summed E-state index contributed by atoms with van der Waals surface area (Å²) in [6.07, 6.45) is 2.13. The number of thioether (sulfide) groups is 1. The monoisotopic (exact) mass is 249 g/mol. The molecule has 1 aliphatic heterocycles. The van der Waals surface area contributed by atoms with Crippen LogP contribution in [-0.4, -0.2) is 24.8 Å². The highest BCUT2D eigenvalue weighted by Crippen LogP contribution is 2.10. The van der Waals surface area contributed by atoms with E-state index in [9.17, 15) is 0 Å². The van der Waals surface area contributed by atoms with E-state index in [0.29, 0.717) is 6.04 Å². The molecule has 4 heteroatoms. The van der Waals surface area contributed by atoms with Crippen molar-refractivity contribution in [2.45, 2.75) is 25.3 Å². The zero-order chi connectivity index (χ0) is 12.1. The molecule has 1 aromatic carbocycles. The first-order chi connectivity index (χ1) is 8.28. The highest BCUT2D eigenvalue weighted by Gasteiger charge is 2.11. The van der Waals surface area contributed by atoms with Crippen LogP contribution in [0.3, 0.4) is 0 Å². The number of nitrogens with zero attached hydrogens (tertiary/aromatic N) is 1. The quantitative estimate of drug-likeness (QED) is 0.857. The summed E-state index contributed by atoms with van der Waals surface area (Å²) in [7, 11) is 0. The normalized spacial score (nSPS) is 18.7. The molecule has 0 aromatic heterocycles. The minimum absolute atomic E-state index is 0.460. The van der Waals surface area contributed by atoms with Gasteiger partial charge in [0, 0.05) is 18.3 Å². The highest BCUT2D eigenvalue weighted by molar-refractivity contribution is 7.97. The lowest BCUT2D eigenvalue weighted by molar-refractivity contribution is 0.713. The summed E-state index contributed by atoms with van der Waals surface area (Å²) in [4.78, 5) is 4.37. The lowest BCUT2D eigenvalue weighted by Gasteiger charge is -2.09. The Morgan fingerprint density at radius 2 is 2.06 bits per heavy atom. The van der Waals surface area contributed by atoms with Crippen LogP contribution >= 0.6 is 11.8 Å². The molecular weight excluding hydrogens is 230 g/mol. The fourth-order valence-corrected chi connectivity index (χ4v) is 2.29. The van der Waals surface area contributed by atoms with Gasteiger partial charge in [-0.15, -0.1) is 0 Å². The van der Waals surface area contributed by atoms with Gasteiger partial charge in [0.15, 0.2) is 5.96 Å². The Kier molecular flexibility index (Phi) is 4.31. The van der Waals surface area contributed by atoms with Crippen LogP contribution < -0.4 is 10.6 Å². The lowest BCUT2D eigenvalue weighted by Crippen LogP contribution is -2.37. The molecule has 0 radical (unpaired) electrons. The molecule has 0 amide bonds. The van der Waals surface area contributed by atoms with Gasteiger partial charge in [-0.25, -0.2) is 0 Å². The largest absolute Gasteiger partial charge is 0.352 e. The van der Waals surface area contributed by atoms with Gasteiger partial charge in [0.2, 0.25) is 0 Å². The number of hydrogen-bond acceptors (Lipinski definition) is 4. The summed E-state index contributed by atoms with van der Waals surface area (Å²) >= 11 is 1.85. The van der Waals surface area contributed by atoms with Crippen LogP contribution in [0, 0.1) is 0 Å². The van der Waals surface area contributed by atoms with Crippen molar-refractivity contribution in [2.24, 2.45) is 4.99 Å². The highest BCUT2D eigenvalue weighted by atomic mass is 32.2. The Bertz CT molecular complexity index is 386. The van der Waals surface area contributed by atoms with Gasteiger partial charge in [-0.2, -0.15) is 11.8 Å². The number of benzene rings is 1. The molecule has 1 unspecified atom stereocenters. The molecule has 1 atom stereocenters. The molecule has 2 N–H and O–H groups in total. The van der Waals surface area contributed by atoms with Crippen molar-refractivity contribution >= 4 is 17.7 Å². The smallest absolute Gasteiger partial charge is 0.191 e. The topological polar surface area (TPSA) is 36.4 Å². The van der Waals surface area contributed by atoms with Crippen molar-refractivity contribution in [3.8, 4) is 0 Å². The zero-order valence-electron chi connectivity index (χ0n) is 10.4. The maximum atomic E-state index is 4.37. The number of nitrogens with one attached hydrogen (secondary N) is 2. The maximum absolute atomic E-state index is 4.37. The van der Waals surface area contributed by atoms with Gasteiger partial charge in [-0.3, -0.25) is 4.99 Å². The summed E-state index contributed by atoms with van der Waals surface area (Å²) in [5.41, 5.74) is 2.67. The molecule has 0 saturated carbocycles. The van der Waals surface area contributed by atoms with E-state index < -0.39 is 0 Å². The van der Waals surface area contributed by atoms with Gasteiger partial charge >= 0.3 is 0 Å². The van der Waals surface area contributed by atoms with Crippen LogP contribution in [0.4, 0.5) is 0 Å². The lowest BCUT2D eigenvalue weighted by atomic mass is 10.1. The summed E-state index contributed by atoms with van der Waals surface area (Å²) in [6, 6.07) is 9.20. The van der Waals surface area contributed by atoms with Crippen LogP contribution in [0.2, 0.25) is 0 Å². The number of guanidine groups is 1. The predicted octanol–water partition coefficient (Wildman–Crippen LogP) is 1.99. The summed E-state index contributed by atoms with van der Waals surface area (Å²) in [5.74, 6) is 2.00. The Morgan fingerprint density at radius 3 is 2.65 bits per heavy atom. The molecule has 0 saturated heterocycles. The van der Waals surface area contributed by atoms with Gasteiger partial charge in [0.05, 0.1) is 6.54 Å². The van der Waals surface area contributed by atoms with Crippen molar-refractivity contribution in [1.82, 2.24) is 10.6 Å². The van der Waals surface area contributed by atoms with E-state index in [1.165, 1.54) is 11.1 Å². The van der Waals surface area contributed by atoms with Gasteiger partial charge in [-0.05, 0) is 24.3 Å². The van der Waals surface area contributed by atoms with E-state index >= 15 is 0 Å². The van der Waals surface area contributed by atoms with Crippen molar-refractivity contribution in [3.05, 3.63) is 35.4 Å². The Morgan fingerprint density at radius 1 is 1.35 bits per heavy atom. The average molecular weight is 249 g/mol. The van der Waals surface area contributed by atoms with Crippen LogP contribution in [-0.2, 0) is 12.3 Å². The third-order valence-electron chi connectivity index (χ3n) is 2.70. The van der Waals surface area contributed by atoms with Crippen LogP contribution in [0.25, 0.3) is 0 Å². The molecule has 1 aromatic rings. The van der Waals surface area contributed by atoms with Crippen molar-refractivity contribution in [3.63, 3.8) is 0 Å². The van der Waals surface area contributed by atoms with Crippen LogP contribution in [0.5, 0.6) is 0 Å². The Balaban J connectivity index is 1.83. The number of aliphatic imine (C=N–C) groups is 1. The molecule has 3 nitrogen and oxygen atoms in total. The number of rotatable bonds is 4. The fraction of sp³-hybridized carbons (Fsp3) is 0.462. The molecule has 0 aliphatic carbocycles. The van der Waals surface area contributed by atoms with Crippen LogP contribution in [0.15, 0.2) is 29.3 Å². The molecule has 2 rings (SSSR count). The van der Waals surface area contributed by atoms with E-state index in [1.54, 1.807) is 0 Å². The predicted molar refractivity (Wildman–Crippen MR) is 75.4 cm³/mol. The molecule has 17 heavy (non-hydrogen) atoms. The summed E-state index contributed by atoms with van der Waals surface area (Å²) in [5, 5.41) is 6.60. The second-order valence-electron chi connectivity index (χ2n) is 4.34.